The predicted molar refractivity (Wildman–Crippen MR) is 71.8 cm³/mol. The molecule has 0 saturated carbocycles. The maximum absolute atomic E-state index is 5.05. The molecule has 0 heterocycles. The summed E-state index contributed by atoms with van der Waals surface area (Å²) < 4.78 is 6.24. The van der Waals surface area contributed by atoms with Crippen molar-refractivity contribution in [3.63, 3.8) is 0 Å². The average molecular weight is 286 g/mol. The second kappa shape index (κ2) is 7.82. The zero-order chi connectivity index (χ0) is 11.8. The van der Waals surface area contributed by atoms with E-state index in [0.717, 1.165) is 26.0 Å². The number of nitrogens with one attached hydrogen (secondary N) is 1. The summed E-state index contributed by atoms with van der Waals surface area (Å²) in [5.41, 5.74) is 1.36. The summed E-state index contributed by atoms with van der Waals surface area (Å²) in [7, 11) is 1.74. The van der Waals surface area contributed by atoms with E-state index in [0.29, 0.717) is 6.04 Å². The van der Waals surface area contributed by atoms with E-state index < -0.39 is 0 Å². The zero-order valence-electron chi connectivity index (χ0n) is 10.0. The Morgan fingerprint density at radius 3 is 2.81 bits per heavy atom. The average Bonchev–Trinajstić information content (AvgIpc) is 2.29. The second-order valence-corrected chi connectivity index (χ2v) is 4.83. The standard InChI is InChI=1S/C13H20BrNO/c1-11(8-10-16-2)15-9-7-12-5-3-4-6-13(12)14/h3-6,11,15H,7-10H2,1-2H3. The van der Waals surface area contributed by atoms with Gasteiger partial charge in [0.25, 0.3) is 0 Å². The summed E-state index contributed by atoms with van der Waals surface area (Å²) >= 11 is 3.56. The van der Waals surface area contributed by atoms with Gasteiger partial charge in [-0.25, -0.2) is 0 Å². The van der Waals surface area contributed by atoms with Crippen LogP contribution in [0.2, 0.25) is 0 Å². The highest BCUT2D eigenvalue weighted by Gasteiger charge is 2.02. The van der Waals surface area contributed by atoms with Gasteiger partial charge < -0.3 is 10.1 Å². The van der Waals surface area contributed by atoms with Crippen molar-refractivity contribution in [1.82, 2.24) is 5.32 Å². The summed E-state index contributed by atoms with van der Waals surface area (Å²) in [6, 6.07) is 8.88. The van der Waals surface area contributed by atoms with Gasteiger partial charge in [0.05, 0.1) is 0 Å². The molecule has 1 aromatic carbocycles. The Balaban J connectivity index is 2.23. The van der Waals surface area contributed by atoms with Crippen LogP contribution in [0, 0.1) is 0 Å². The van der Waals surface area contributed by atoms with Gasteiger partial charge in [0.2, 0.25) is 0 Å². The fourth-order valence-electron chi connectivity index (χ4n) is 1.55. The maximum atomic E-state index is 5.05. The molecule has 1 rings (SSSR count). The topological polar surface area (TPSA) is 21.3 Å². The number of rotatable bonds is 7. The first-order valence-electron chi connectivity index (χ1n) is 5.69. The van der Waals surface area contributed by atoms with Crippen LogP contribution in [0.5, 0.6) is 0 Å². The lowest BCUT2D eigenvalue weighted by molar-refractivity contribution is 0.185. The number of methoxy groups -OCH3 is 1. The van der Waals surface area contributed by atoms with Crippen molar-refractivity contribution in [3.8, 4) is 0 Å². The van der Waals surface area contributed by atoms with Gasteiger partial charge in [-0.05, 0) is 37.9 Å². The SMILES string of the molecule is COCCC(C)NCCc1ccccc1Br. The van der Waals surface area contributed by atoms with E-state index in [2.05, 4.69) is 46.4 Å². The fraction of sp³-hybridized carbons (Fsp3) is 0.538. The van der Waals surface area contributed by atoms with Crippen molar-refractivity contribution in [2.24, 2.45) is 0 Å². The molecule has 0 aliphatic heterocycles. The molecule has 0 bridgehead atoms. The molecule has 0 amide bonds. The van der Waals surface area contributed by atoms with Gasteiger partial charge in [-0.2, -0.15) is 0 Å². The van der Waals surface area contributed by atoms with Crippen LogP contribution < -0.4 is 5.32 Å². The molecule has 2 nitrogen and oxygen atoms in total. The lowest BCUT2D eigenvalue weighted by Crippen LogP contribution is -2.29. The molecular weight excluding hydrogens is 266 g/mol. The van der Waals surface area contributed by atoms with Gasteiger partial charge in [0.1, 0.15) is 0 Å². The van der Waals surface area contributed by atoms with Crippen molar-refractivity contribution in [2.45, 2.75) is 25.8 Å². The number of benzene rings is 1. The van der Waals surface area contributed by atoms with Gasteiger partial charge in [-0.3, -0.25) is 0 Å². The molecule has 16 heavy (non-hydrogen) atoms. The van der Waals surface area contributed by atoms with E-state index >= 15 is 0 Å². The summed E-state index contributed by atoms with van der Waals surface area (Å²) in [5, 5.41) is 3.49. The summed E-state index contributed by atoms with van der Waals surface area (Å²) in [5.74, 6) is 0. The highest BCUT2D eigenvalue weighted by atomic mass is 79.9. The van der Waals surface area contributed by atoms with E-state index in [9.17, 15) is 0 Å². The zero-order valence-corrected chi connectivity index (χ0v) is 11.6. The van der Waals surface area contributed by atoms with Crippen LogP contribution in [-0.4, -0.2) is 26.3 Å². The Morgan fingerprint density at radius 2 is 2.12 bits per heavy atom. The number of ether oxygens (including phenoxy) is 1. The van der Waals surface area contributed by atoms with Gasteiger partial charge in [0.15, 0.2) is 0 Å². The van der Waals surface area contributed by atoms with Crippen molar-refractivity contribution < 1.29 is 4.74 Å². The minimum atomic E-state index is 0.516. The molecule has 0 spiro atoms. The predicted octanol–water partition coefficient (Wildman–Crippen LogP) is 3.01. The molecule has 0 aromatic heterocycles. The largest absolute Gasteiger partial charge is 0.385 e. The first-order valence-corrected chi connectivity index (χ1v) is 6.49. The molecule has 3 heteroatoms. The monoisotopic (exact) mass is 285 g/mol. The van der Waals surface area contributed by atoms with Gasteiger partial charge in [0, 0.05) is 24.2 Å². The molecule has 90 valence electrons. The first-order chi connectivity index (χ1) is 7.74. The van der Waals surface area contributed by atoms with Gasteiger partial charge in [-0.15, -0.1) is 0 Å². The summed E-state index contributed by atoms with van der Waals surface area (Å²) in [6.07, 6.45) is 2.12. The molecule has 0 saturated heterocycles. The number of hydrogen-bond donors (Lipinski definition) is 1. The van der Waals surface area contributed by atoms with Crippen LogP contribution in [0.25, 0.3) is 0 Å². The lowest BCUT2D eigenvalue weighted by Gasteiger charge is -2.13. The Bertz CT molecular complexity index is 304. The normalized spacial score (nSPS) is 12.7. The molecule has 0 radical (unpaired) electrons. The van der Waals surface area contributed by atoms with Crippen molar-refractivity contribution in [2.75, 3.05) is 20.3 Å². The van der Waals surface area contributed by atoms with E-state index in [1.165, 1.54) is 10.0 Å². The third-order valence-corrected chi connectivity index (χ3v) is 3.37. The minimum absolute atomic E-state index is 0.516. The van der Waals surface area contributed by atoms with Gasteiger partial charge in [-0.1, -0.05) is 34.1 Å². The second-order valence-electron chi connectivity index (χ2n) is 3.98. The van der Waals surface area contributed by atoms with Crippen LogP contribution >= 0.6 is 15.9 Å². The maximum Gasteiger partial charge on any atom is 0.0476 e. The van der Waals surface area contributed by atoms with Crippen LogP contribution in [0.15, 0.2) is 28.7 Å². The third-order valence-electron chi connectivity index (χ3n) is 2.60. The summed E-state index contributed by atoms with van der Waals surface area (Å²) in [6.45, 7) is 4.02. The molecular formula is C13H20BrNO. The molecule has 1 atom stereocenters. The van der Waals surface area contributed by atoms with Crippen molar-refractivity contribution in [1.29, 1.82) is 0 Å². The Labute approximate surface area is 107 Å². The van der Waals surface area contributed by atoms with Crippen LogP contribution in [-0.2, 0) is 11.2 Å². The molecule has 1 aromatic rings. The van der Waals surface area contributed by atoms with E-state index in [4.69, 9.17) is 4.74 Å². The van der Waals surface area contributed by atoms with E-state index in [1.807, 2.05) is 6.07 Å². The highest BCUT2D eigenvalue weighted by molar-refractivity contribution is 9.10. The molecule has 0 aliphatic carbocycles. The Hall–Kier alpha value is -0.380. The quantitative estimate of drug-likeness (QED) is 0.832. The minimum Gasteiger partial charge on any atom is -0.385 e. The highest BCUT2D eigenvalue weighted by Crippen LogP contribution is 2.15. The van der Waals surface area contributed by atoms with Crippen molar-refractivity contribution in [3.05, 3.63) is 34.3 Å². The molecule has 1 N–H and O–H groups in total. The molecule has 0 fully saturated rings. The Morgan fingerprint density at radius 1 is 1.38 bits per heavy atom. The smallest absolute Gasteiger partial charge is 0.0476 e. The van der Waals surface area contributed by atoms with Crippen molar-refractivity contribution >= 4 is 15.9 Å². The number of hydrogen-bond acceptors (Lipinski definition) is 2. The lowest BCUT2D eigenvalue weighted by atomic mass is 10.1. The fourth-order valence-corrected chi connectivity index (χ4v) is 2.03. The molecule has 0 aliphatic rings. The van der Waals surface area contributed by atoms with E-state index in [-0.39, 0.29) is 0 Å². The van der Waals surface area contributed by atoms with Crippen LogP contribution in [0.3, 0.4) is 0 Å². The van der Waals surface area contributed by atoms with Crippen LogP contribution in [0.1, 0.15) is 18.9 Å². The third kappa shape index (κ3) is 5.10. The first kappa shape index (κ1) is 13.7. The Kier molecular flexibility index (Phi) is 6.69. The molecule has 1 unspecified atom stereocenters. The number of halogens is 1. The van der Waals surface area contributed by atoms with E-state index in [1.54, 1.807) is 7.11 Å². The van der Waals surface area contributed by atoms with Gasteiger partial charge >= 0.3 is 0 Å². The van der Waals surface area contributed by atoms with Crippen LogP contribution in [0.4, 0.5) is 0 Å². The summed E-state index contributed by atoms with van der Waals surface area (Å²) in [4.78, 5) is 0.